The molecule has 0 saturated carbocycles. The van der Waals surface area contributed by atoms with Crippen molar-refractivity contribution in [3.05, 3.63) is 63.4 Å². The van der Waals surface area contributed by atoms with Crippen LogP contribution in [-0.4, -0.2) is 122 Å². The second-order valence-corrected chi connectivity index (χ2v) is 14.2. The number of amides is 1. The minimum Gasteiger partial charge on any atom is -0.463 e. The lowest BCUT2D eigenvalue weighted by Crippen LogP contribution is -2.63. The first kappa shape index (κ1) is 44.6. The summed E-state index contributed by atoms with van der Waals surface area (Å²) in [5, 5.41) is 3.50. The van der Waals surface area contributed by atoms with Crippen LogP contribution in [0, 0.1) is 0 Å². The maximum Gasteiger partial charge on any atom is 0.408 e. The quantitative estimate of drug-likeness (QED) is 0.0907. The van der Waals surface area contributed by atoms with Crippen LogP contribution in [0.25, 0.3) is 22.3 Å². The molecule has 6 atom stereocenters. The molecular formula is C41H47N3O17. The van der Waals surface area contributed by atoms with Crippen LogP contribution >= 0.6 is 0 Å². The van der Waals surface area contributed by atoms with Crippen LogP contribution in [0.3, 0.4) is 0 Å². The Morgan fingerprint density at radius 2 is 1.52 bits per heavy atom. The fourth-order valence-electron chi connectivity index (χ4n) is 7.37. The van der Waals surface area contributed by atoms with Gasteiger partial charge in [-0.2, -0.15) is 0 Å². The van der Waals surface area contributed by atoms with Crippen LogP contribution in [-0.2, 0) is 90.1 Å². The first-order chi connectivity index (χ1) is 29.2. The first-order valence-corrected chi connectivity index (χ1v) is 19.6. The van der Waals surface area contributed by atoms with Gasteiger partial charge in [0.25, 0.3) is 5.56 Å². The van der Waals surface area contributed by atoms with Crippen molar-refractivity contribution in [3.63, 3.8) is 0 Å². The van der Waals surface area contributed by atoms with E-state index in [0.29, 0.717) is 17.9 Å². The number of alkyl carbamates (subject to hydrolysis) is 1. The summed E-state index contributed by atoms with van der Waals surface area (Å²) >= 11 is 0. The van der Waals surface area contributed by atoms with E-state index in [4.69, 9.17) is 52.4 Å². The molecule has 3 aromatic rings. The molecular weight excluding hydrogens is 806 g/mol. The van der Waals surface area contributed by atoms with E-state index in [2.05, 4.69) is 5.32 Å². The van der Waals surface area contributed by atoms with Gasteiger partial charge in [0, 0.05) is 50.8 Å². The summed E-state index contributed by atoms with van der Waals surface area (Å²) in [5.41, 5.74) is 0.988. The molecule has 1 amide bonds. The summed E-state index contributed by atoms with van der Waals surface area (Å²) in [5.74, 6) is -3.73. The van der Waals surface area contributed by atoms with Crippen LogP contribution < -0.4 is 10.9 Å². The molecule has 0 bridgehead atoms. The molecule has 20 nitrogen and oxygen atoms in total. The molecule has 3 aliphatic heterocycles. The van der Waals surface area contributed by atoms with E-state index < -0.39 is 78.9 Å². The monoisotopic (exact) mass is 853 g/mol. The number of nitrogens with zero attached hydrogens (tertiary/aromatic N) is 2. The number of para-hydroxylation sites is 1. The van der Waals surface area contributed by atoms with Crippen molar-refractivity contribution in [2.45, 2.75) is 90.5 Å². The number of benzene rings is 1. The topological polar surface area (TPSA) is 242 Å². The third-order valence-electron chi connectivity index (χ3n) is 10.00. The number of rotatable bonds is 17. The van der Waals surface area contributed by atoms with Crippen molar-refractivity contribution in [2.75, 3.05) is 46.2 Å². The smallest absolute Gasteiger partial charge is 0.408 e. The fraction of sp³-hybridized carbons (Fsp3) is 0.512. The predicted molar refractivity (Wildman–Crippen MR) is 206 cm³/mol. The summed E-state index contributed by atoms with van der Waals surface area (Å²) < 4.78 is 56.7. The van der Waals surface area contributed by atoms with Gasteiger partial charge in [0.05, 0.1) is 62.0 Å². The summed E-state index contributed by atoms with van der Waals surface area (Å²) in [6.07, 6.45) is -7.48. The van der Waals surface area contributed by atoms with E-state index >= 15 is 0 Å². The van der Waals surface area contributed by atoms with E-state index in [9.17, 15) is 33.6 Å². The largest absolute Gasteiger partial charge is 0.463 e. The highest BCUT2D eigenvalue weighted by Crippen LogP contribution is 2.41. The van der Waals surface area contributed by atoms with Gasteiger partial charge in [-0.25, -0.2) is 14.6 Å². The molecule has 5 heterocycles. The summed E-state index contributed by atoms with van der Waals surface area (Å²) in [6.45, 7) is 5.97. The van der Waals surface area contributed by atoms with Crippen LogP contribution in [0.5, 0.6) is 0 Å². The maximum atomic E-state index is 13.8. The molecule has 61 heavy (non-hydrogen) atoms. The molecule has 20 heteroatoms. The van der Waals surface area contributed by atoms with Gasteiger partial charge < -0.3 is 57.3 Å². The van der Waals surface area contributed by atoms with Crippen molar-refractivity contribution < 1.29 is 76.1 Å². The molecule has 0 radical (unpaired) electrons. The highest BCUT2D eigenvalue weighted by Gasteiger charge is 2.53. The highest BCUT2D eigenvalue weighted by molar-refractivity contribution is 5.88. The number of hydrogen-bond donors (Lipinski definition) is 1. The molecule has 3 aliphatic rings. The van der Waals surface area contributed by atoms with Crippen molar-refractivity contribution in [2.24, 2.45) is 0 Å². The normalized spacial score (nSPS) is 22.5. The Bertz CT molecular complexity index is 2220. The van der Waals surface area contributed by atoms with Crippen molar-refractivity contribution >= 4 is 46.8 Å². The van der Waals surface area contributed by atoms with Crippen LogP contribution in [0.4, 0.5) is 4.79 Å². The Morgan fingerprint density at radius 3 is 2.23 bits per heavy atom. The van der Waals surface area contributed by atoms with Gasteiger partial charge in [-0.1, -0.05) is 25.1 Å². The number of hydrogen-bond acceptors (Lipinski definition) is 18. The molecule has 1 N–H and O–H groups in total. The number of carbonyl (C=O) groups excluding carboxylic acids is 6. The van der Waals surface area contributed by atoms with Crippen molar-refractivity contribution in [3.8, 4) is 11.4 Å². The Labute approximate surface area is 348 Å². The van der Waals surface area contributed by atoms with E-state index in [1.54, 1.807) is 17.6 Å². The minimum absolute atomic E-state index is 0.00157. The summed E-state index contributed by atoms with van der Waals surface area (Å²) in [7, 11) is 0. The molecule has 2 aromatic heterocycles. The lowest BCUT2D eigenvalue weighted by atomic mass is 9.85. The number of carbonyl (C=O) groups is 6. The van der Waals surface area contributed by atoms with E-state index in [-0.39, 0.29) is 69.3 Å². The molecule has 6 rings (SSSR count). The van der Waals surface area contributed by atoms with Gasteiger partial charge in [0.15, 0.2) is 24.6 Å². The second kappa shape index (κ2) is 19.6. The number of nitrogens with one attached hydrogen (secondary N) is 1. The third-order valence-corrected chi connectivity index (χ3v) is 10.00. The van der Waals surface area contributed by atoms with Gasteiger partial charge in [0.2, 0.25) is 5.60 Å². The average molecular weight is 854 g/mol. The minimum atomic E-state index is -1.88. The van der Waals surface area contributed by atoms with Crippen molar-refractivity contribution in [1.29, 1.82) is 0 Å². The average Bonchev–Trinajstić information content (AvgIpc) is 3.57. The molecule has 1 fully saturated rings. The summed E-state index contributed by atoms with van der Waals surface area (Å²) in [6, 6.07) is 11.3. The molecule has 1 saturated heterocycles. The maximum absolute atomic E-state index is 13.8. The number of fused-ring (bicyclic) bond motifs is 5. The van der Waals surface area contributed by atoms with Crippen LogP contribution in [0.15, 0.2) is 41.2 Å². The lowest BCUT2D eigenvalue weighted by Gasteiger charge is -2.44. The van der Waals surface area contributed by atoms with Gasteiger partial charge >= 0.3 is 35.9 Å². The Morgan fingerprint density at radius 1 is 0.852 bits per heavy atom. The number of pyridine rings is 2. The predicted octanol–water partition coefficient (Wildman–Crippen LogP) is 1.95. The number of esters is 5. The van der Waals surface area contributed by atoms with E-state index in [1.807, 2.05) is 30.3 Å². The number of cyclic esters (lactones) is 1. The van der Waals surface area contributed by atoms with Gasteiger partial charge in [-0.15, -0.1) is 0 Å². The third kappa shape index (κ3) is 10.2. The molecule has 0 unspecified atom stereocenters. The Balaban J connectivity index is 0.981. The lowest BCUT2D eigenvalue weighted by molar-refractivity contribution is -0.309. The molecule has 0 aliphatic carbocycles. The zero-order valence-electron chi connectivity index (χ0n) is 34.3. The van der Waals surface area contributed by atoms with Gasteiger partial charge in [-0.05, 0) is 24.6 Å². The summed E-state index contributed by atoms with van der Waals surface area (Å²) in [4.78, 5) is 92.5. The Hall–Kier alpha value is -5.96. The van der Waals surface area contributed by atoms with Crippen molar-refractivity contribution in [1.82, 2.24) is 14.9 Å². The van der Waals surface area contributed by atoms with Crippen LogP contribution in [0.2, 0.25) is 0 Å². The van der Waals surface area contributed by atoms with Gasteiger partial charge in [-0.3, -0.25) is 24.0 Å². The standard InChI is InChI=1S/C41H47N3O17/c1-6-41(29-18-31-33-27(17-26-9-7-8-10-30(26)43-33)19-44(31)37(49)28(29)20-56-39(41)50)61-40(51)42-11-12-52-13-14-53-15-16-54-38-36(59-25(5)48)35(58-24(4)47)34(57-23(3)46)32(60-38)21-55-22(2)45/h7-10,17-18,32,34-36,38H,6,11-16,19-21H2,1-5H3,(H,42,51)/t32-,34-,35+,36+,38-,41+/m1/s1. The van der Waals surface area contributed by atoms with Crippen LogP contribution in [0.1, 0.15) is 57.7 Å². The van der Waals surface area contributed by atoms with E-state index in [1.165, 1.54) is 6.92 Å². The fourth-order valence-corrected chi connectivity index (χ4v) is 7.37. The second-order valence-electron chi connectivity index (χ2n) is 14.2. The highest BCUT2D eigenvalue weighted by atomic mass is 16.7. The number of ether oxygens (including phenoxy) is 10. The van der Waals surface area contributed by atoms with E-state index in [0.717, 1.165) is 37.2 Å². The van der Waals surface area contributed by atoms with Gasteiger partial charge in [0.1, 0.15) is 19.3 Å². The zero-order chi connectivity index (χ0) is 43.8. The first-order valence-electron chi connectivity index (χ1n) is 19.6. The molecule has 0 spiro atoms. The SMILES string of the molecule is CC[C@@]1(OC(=O)NCCOCCOCCO[C@@H]2O[C@H](COC(C)=O)[C@@H](OC(C)=O)[C@H](OC(C)=O)[C@@H]2OC(C)=O)C(=O)OCc2c1cc1n(c2=O)Cc2cc3ccccc3nc2-1. The number of aromatic nitrogens is 2. The molecule has 1 aromatic carbocycles. The Kier molecular flexibility index (Phi) is 14.3. The zero-order valence-corrected chi connectivity index (χ0v) is 34.3. The molecule has 328 valence electrons.